The van der Waals surface area contributed by atoms with Gasteiger partial charge in [-0.05, 0) is 24.6 Å². The van der Waals surface area contributed by atoms with E-state index < -0.39 is 0 Å². The lowest BCUT2D eigenvalue weighted by Crippen LogP contribution is -2.20. The van der Waals surface area contributed by atoms with Crippen molar-refractivity contribution < 1.29 is 9.53 Å². The highest BCUT2D eigenvalue weighted by Gasteiger charge is 2.07. The van der Waals surface area contributed by atoms with Crippen LogP contribution in [0, 0.1) is 0 Å². The summed E-state index contributed by atoms with van der Waals surface area (Å²) in [5.41, 5.74) is 12.6. The molecule has 0 saturated carbocycles. The molecule has 1 atom stereocenters. The van der Waals surface area contributed by atoms with Crippen LogP contribution in [0.3, 0.4) is 0 Å². The zero-order chi connectivity index (χ0) is 11.3. The van der Waals surface area contributed by atoms with E-state index >= 15 is 0 Å². The van der Waals surface area contributed by atoms with Crippen molar-refractivity contribution >= 4 is 5.97 Å². The summed E-state index contributed by atoms with van der Waals surface area (Å²) < 4.78 is 4.86. The molecule has 0 saturated heterocycles. The van der Waals surface area contributed by atoms with Crippen LogP contribution >= 0.6 is 0 Å². The molecule has 4 N–H and O–H groups in total. The number of carbonyl (C=O) groups excluding carboxylic acids is 1. The highest BCUT2D eigenvalue weighted by Crippen LogP contribution is 2.11. The quantitative estimate of drug-likeness (QED) is 0.718. The van der Waals surface area contributed by atoms with Gasteiger partial charge in [0.1, 0.15) is 0 Å². The second-order valence-corrected chi connectivity index (χ2v) is 3.18. The van der Waals surface area contributed by atoms with Gasteiger partial charge in [-0.3, -0.25) is 0 Å². The maximum absolute atomic E-state index is 11.3. The Labute approximate surface area is 89.2 Å². The fraction of sp³-hybridized carbons (Fsp3) is 0.364. The molecule has 4 nitrogen and oxygen atoms in total. The molecule has 0 heterocycles. The molecule has 15 heavy (non-hydrogen) atoms. The lowest BCUT2D eigenvalue weighted by atomic mass is 10.1. The molecule has 0 amide bonds. The van der Waals surface area contributed by atoms with E-state index in [0.717, 1.165) is 5.56 Å². The van der Waals surface area contributed by atoms with E-state index in [1.54, 1.807) is 31.2 Å². The number of ether oxygens (including phenoxy) is 1. The minimum absolute atomic E-state index is 0.179. The molecule has 0 aliphatic rings. The molecule has 0 aliphatic heterocycles. The van der Waals surface area contributed by atoms with E-state index in [2.05, 4.69) is 0 Å². The summed E-state index contributed by atoms with van der Waals surface area (Å²) in [4.78, 5) is 11.3. The average molecular weight is 208 g/mol. The molecule has 1 rings (SSSR count). The minimum atomic E-state index is -0.314. The van der Waals surface area contributed by atoms with Crippen LogP contribution in [0.2, 0.25) is 0 Å². The molecule has 82 valence electrons. The third kappa shape index (κ3) is 3.04. The van der Waals surface area contributed by atoms with E-state index in [1.165, 1.54) is 0 Å². The number of hydrogen-bond donors (Lipinski definition) is 2. The Balaban J connectivity index is 2.76. The molecule has 0 aliphatic carbocycles. The van der Waals surface area contributed by atoms with Crippen molar-refractivity contribution in [2.24, 2.45) is 11.5 Å². The highest BCUT2D eigenvalue weighted by atomic mass is 16.5. The van der Waals surface area contributed by atoms with E-state index in [1.807, 2.05) is 0 Å². The predicted molar refractivity (Wildman–Crippen MR) is 58.4 cm³/mol. The Morgan fingerprint density at radius 1 is 1.40 bits per heavy atom. The van der Waals surface area contributed by atoms with Gasteiger partial charge < -0.3 is 16.2 Å². The first-order valence-electron chi connectivity index (χ1n) is 4.91. The van der Waals surface area contributed by atoms with Gasteiger partial charge in [0.25, 0.3) is 0 Å². The van der Waals surface area contributed by atoms with Gasteiger partial charge >= 0.3 is 5.97 Å². The third-order valence-corrected chi connectivity index (χ3v) is 2.10. The first-order valence-corrected chi connectivity index (χ1v) is 4.91. The van der Waals surface area contributed by atoms with Crippen LogP contribution in [0.5, 0.6) is 0 Å². The van der Waals surface area contributed by atoms with Crippen molar-refractivity contribution in [3.63, 3.8) is 0 Å². The van der Waals surface area contributed by atoms with Gasteiger partial charge in [-0.2, -0.15) is 0 Å². The Bertz CT molecular complexity index is 322. The largest absolute Gasteiger partial charge is 0.462 e. The SMILES string of the molecule is CCOC(=O)c1ccc(C(N)CN)cc1. The number of nitrogens with two attached hydrogens (primary N) is 2. The molecule has 1 unspecified atom stereocenters. The smallest absolute Gasteiger partial charge is 0.338 e. The normalized spacial score (nSPS) is 12.2. The predicted octanol–water partition coefficient (Wildman–Crippen LogP) is 0.822. The van der Waals surface area contributed by atoms with Gasteiger partial charge in [0.2, 0.25) is 0 Å². The molecular weight excluding hydrogens is 192 g/mol. The minimum Gasteiger partial charge on any atom is -0.462 e. The van der Waals surface area contributed by atoms with E-state index in [0.29, 0.717) is 18.7 Å². The van der Waals surface area contributed by atoms with Crippen LogP contribution in [0.25, 0.3) is 0 Å². The number of rotatable bonds is 4. The maximum atomic E-state index is 11.3. The number of esters is 1. The summed E-state index contributed by atoms with van der Waals surface area (Å²) in [6.45, 7) is 2.54. The monoisotopic (exact) mass is 208 g/mol. The summed E-state index contributed by atoms with van der Waals surface area (Å²) in [6, 6.07) is 6.81. The van der Waals surface area contributed by atoms with Crippen LogP contribution in [0.15, 0.2) is 24.3 Å². The lowest BCUT2D eigenvalue weighted by Gasteiger charge is -2.09. The number of hydrogen-bond acceptors (Lipinski definition) is 4. The van der Waals surface area contributed by atoms with Crippen molar-refractivity contribution in [2.75, 3.05) is 13.2 Å². The van der Waals surface area contributed by atoms with Gasteiger partial charge in [-0.25, -0.2) is 4.79 Å². The van der Waals surface area contributed by atoms with Crippen LogP contribution in [0.1, 0.15) is 28.9 Å². The second kappa shape index (κ2) is 5.48. The van der Waals surface area contributed by atoms with Crippen molar-refractivity contribution in [2.45, 2.75) is 13.0 Å². The van der Waals surface area contributed by atoms with Crippen LogP contribution in [-0.2, 0) is 4.74 Å². The van der Waals surface area contributed by atoms with Crippen LogP contribution in [0.4, 0.5) is 0 Å². The molecule has 0 spiro atoms. The first kappa shape index (κ1) is 11.7. The van der Waals surface area contributed by atoms with E-state index in [-0.39, 0.29) is 12.0 Å². The van der Waals surface area contributed by atoms with Crippen molar-refractivity contribution in [3.05, 3.63) is 35.4 Å². The van der Waals surface area contributed by atoms with Crippen molar-refractivity contribution in [1.29, 1.82) is 0 Å². The second-order valence-electron chi connectivity index (χ2n) is 3.18. The Morgan fingerprint density at radius 2 is 2.00 bits per heavy atom. The highest BCUT2D eigenvalue weighted by molar-refractivity contribution is 5.89. The zero-order valence-corrected chi connectivity index (χ0v) is 8.77. The summed E-state index contributed by atoms with van der Waals surface area (Å²) in [5, 5.41) is 0. The van der Waals surface area contributed by atoms with Crippen molar-refractivity contribution in [3.8, 4) is 0 Å². The summed E-state index contributed by atoms with van der Waals surface area (Å²) in [6.07, 6.45) is 0. The van der Waals surface area contributed by atoms with Crippen molar-refractivity contribution in [1.82, 2.24) is 0 Å². The molecule has 0 bridgehead atoms. The molecule has 4 heteroatoms. The Kier molecular flexibility index (Phi) is 4.27. The lowest BCUT2D eigenvalue weighted by molar-refractivity contribution is 0.0526. The zero-order valence-electron chi connectivity index (χ0n) is 8.77. The Hall–Kier alpha value is -1.39. The first-order chi connectivity index (χ1) is 7.19. The molecule has 1 aromatic carbocycles. The Morgan fingerprint density at radius 3 is 2.47 bits per heavy atom. The van der Waals surface area contributed by atoms with Gasteiger partial charge in [-0.15, -0.1) is 0 Å². The molecule has 1 aromatic rings. The summed E-state index contributed by atoms with van der Waals surface area (Å²) in [5.74, 6) is -0.314. The summed E-state index contributed by atoms with van der Waals surface area (Å²) >= 11 is 0. The van der Waals surface area contributed by atoms with E-state index in [9.17, 15) is 4.79 Å². The molecular formula is C11H16N2O2. The van der Waals surface area contributed by atoms with Crippen LogP contribution < -0.4 is 11.5 Å². The van der Waals surface area contributed by atoms with E-state index in [4.69, 9.17) is 16.2 Å². The molecule has 0 fully saturated rings. The molecule has 0 aromatic heterocycles. The van der Waals surface area contributed by atoms with Gasteiger partial charge in [0, 0.05) is 12.6 Å². The fourth-order valence-electron chi connectivity index (χ4n) is 1.22. The summed E-state index contributed by atoms with van der Waals surface area (Å²) in [7, 11) is 0. The fourth-order valence-corrected chi connectivity index (χ4v) is 1.22. The molecule has 0 radical (unpaired) electrons. The maximum Gasteiger partial charge on any atom is 0.338 e. The number of benzene rings is 1. The third-order valence-electron chi connectivity index (χ3n) is 2.10. The number of carbonyl (C=O) groups is 1. The van der Waals surface area contributed by atoms with Gasteiger partial charge in [0.15, 0.2) is 0 Å². The average Bonchev–Trinajstić information content (AvgIpc) is 2.28. The topological polar surface area (TPSA) is 78.3 Å². The van der Waals surface area contributed by atoms with Gasteiger partial charge in [0.05, 0.1) is 12.2 Å². The standard InChI is InChI=1S/C11H16N2O2/c1-2-15-11(14)9-5-3-8(4-6-9)10(13)7-12/h3-6,10H,2,7,12-13H2,1H3. The van der Waals surface area contributed by atoms with Crippen LogP contribution in [-0.4, -0.2) is 19.1 Å². The van der Waals surface area contributed by atoms with Gasteiger partial charge in [-0.1, -0.05) is 12.1 Å².